The van der Waals surface area contributed by atoms with Crippen LogP contribution in [0.1, 0.15) is 54.3 Å². The molecule has 0 radical (unpaired) electrons. The maximum atomic E-state index is 12.3. The van der Waals surface area contributed by atoms with E-state index in [4.69, 9.17) is 4.42 Å². The number of nitrogens with one attached hydrogen (secondary N) is 3. The Labute approximate surface area is 182 Å². The van der Waals surface area contributed by atoms with Gasteiger partial charge in [0.2, 0.25) is 15.9 Å². The van der Waals surface area contributed by atoms with E-state index >= 15 is 0 Å². The van der Waals surface area contributed by atoms with Crippen LogP contribution in [0.5, 0.6) is 0 Å². The van der Waals surface area contributed by atoms with Crippen molar-refractivity contribution in [1.29, 1.82) is 0 Å². The molecule has 2 amide bonds. The summed E-state index contributed by atoms with van der Waals surface area (Å²) in [6, 6.07) is 10.2. The highest BCUT2D eigenvalue weighted by molar-refractivity contribution is 7.90. The maximum absolute atomic E-state index is 12.3. The monoisotopic (exact) mass is 447 g/mol. The Morgan fingerprint density at radius 3 is 2.52 bits per heavy atom. The molecule has 9 heteroatoms. The Kier molecular flexibility index (Phi) is 7.86. The molecule has 3 rings (SSSR count). The van der Waals surface area contributed by atoms with E-state index in [2.05, 4.69) is 22.3 Å². The van der Waals surface area contributed by atoms with Crippen LogP contribution in [0.15, 0.2) is 47.1 Å². The molecule has 8 nitrogen and oxygen atoms in total. The molecule has 168 valence electrons. The molecule has 1 aliphatic rings. The summed E-state index contributed by atoms with van der Waals surface area (Å²) in [7, 11) is -3.69. The summed E-state index contributed by atoms with van der Waals surface area (Å²) < 4.78 is 32.4. The number of rotatable bonds is 9. The zero-order valence-electron chi connectivity index (χ0n) is 17.6. The average molecular weight is 448 g/mol. The first-order valence-electron chi connectivity index (χ1n) is 10.5. The van der Waals surface area contributed by atoms with Crippen LogP contribution in [0.2, 0.25) is 0 Å². The normalized spacial score (nSPS) is 19.0. The van der Waals surface area contributed by atoms with Crippen molar-refractivity contribution in [2.45, 2.75) is 51.7 Å². The third-order valence-corrected chi connectivity index (χ3v) is 6.70. The minimum Gasteiger partial charge on any atom is -0.467 e. The number of sulfonamides is 1. The molecule has 0 spiro atoms. The molecule has 1 aromatic carbocycles. The van der Waals surface area contributed by atoms with Crippen molar-refractivity contribution in [1.82, 2.24) is 15.4 Å². The number of hydrogen-bond donors (Lipinski definition) is 3. The summed E-state index contributed by atoms with van der Waals surface area (Å²) in [5, 5.41) is 5.37. The Morgan fingerprint density at radius 1 is 1.03 bits per heavy atom. The van der Waals surface area contributed by atoms with E-state index in [1.54, 1.807) is 36.4 Å². The van der Waals surface area contributed by atoms with E-state index in [0.717, 1.165) is 25.7 Å². The number of amides is 2. The van der Waals surface area contributed by atoms with Gasteiger partial charge in [-0.15, -0.1) is 0 Å². The maximum Gasteiger partial charge on any atom is 0.251 e. The van der Waals surface area contributed by atoms with Gasteiger partial charge in [0.05, 0.1) is 12.8 Å². The Hall–Kier alpha value is -2.65. The Bertz CT molecular complexity index is 980. The topological polar surface area (TPSA) is 118 Å². The summed E-state index contributed by atoms with van der Waals surface area (Å²) >= 11 is 0. The van der Waals surface area contributed by atoms with Crippen molar-refractivity contribution in [3.8, 4) is 0 Å². The summed E-state index contributed by atoms with van der Waals surface area (Å²) in [6.45, 7) is 2.57. The summed E-state index contributed by atoms with van der Waals surface area (Å²) in [6.07, 6.45) is 5.12. The van der Waals surface area contributed by atoms with Gasteiger partial charge in [0.1, 0.15) is 11.5 Å². The predicted octanol–water partition coefficient (Wildman–Crippen LogP) is 2.32. The molecular formula is C22H29N3O5S. The fourth-order valence-corrected chi connectivity index (χ4v) is 4.88. The van der Waals surface area contributed by atoms with Gasteiger partial charge in [0.15, 0.2) is 0 Å². The summed E-state index contributed by atoms with van der Waals surface area (Å²) in [5.74, 6) is -0.189. The van der Waals surface area contributed by atoms with Crippen LogP contribution in [0.3, 0.4) is 0 Å². The second-order valence-corrected chi connectivity index (χ2v) is 9.83. The zero-order valence-corrected chi connectivity index (χ0v) is 18.4. The molecule has 1 saturated carbocycles. The number of carbonyl (C=O) groups is 2. The Balaban J connectivity index is 1.46. The van der Waals surface area contributed by atoms with Crippen molar-refractivity contribution >= 4 is 21.8 Å². The largest absolute Gasteiger partial charge is 0.467 e. The molecule has 0 unspecified atom stereocenters. The third-order valence-electron chi connectivity index (χ3n) is 5.37. The molecule has 0 aliphatic heterocycles. The minimum atomic E-state index is -3.69. The van der Waals surface area contributed by atoms with Crippen LogP contribution in [0, 0.1) is 5.92 Å². The molecule has 1 heterocycles. The van der Waals surface area contributed by atoms with Crippen LogP contribution in [-0.2, 0) is 27.9 Å². The van der Waals surface area contributed by atoms with E-state index in [9.17, 15) is 18.0 Å². The number of hydrogen-bond acceptors (Lipinski definition) is 5. The van der Waals surface area contributed by atoms with Crippen molar-refractivity contribution in [3.05, 3.63) is 59.5 Å². The molecular weight excluding hydrogens is 418 g/mol. The first kappa shape index (κ1) is 23.0. The highest BCUT2D eigenvalue weighted by atomic mass is 32.2. The number of benzene rings is 1. The van der Waals surface area contributed by atoms with E-state index in [0.29, 0.717) is 22.8 Å². The molecule has 1 aliphatic carbocycles. The lowest BCUT2D eigenvalue weighted by Gasteiger charge is -2.26. The molecule has 2 aromatic rings. The lowest BCUT2D eigenvalue weighted by atomic mass is 9.88. The van der Waals surface area contributed by atoms with Crippen LogP contribution >= 0.6 is 0 Å². The summed E-state index contributed by atoms with van der Waals surface area (Å²) in [4.78, 5) is 24.5. The highest BCUT2D eigenvalue weighted by Crippen LogP contribution is 2.23. The standard InChI is InChI=1S/C22H29N3O5S/c1-16-7-9-19(10-8-16)25-31(28,29)15-21(26)23-13-17-4-2-5-18(12-17)22(27)24-14-20-6-3-11-30-20/h2-6,11-12,16,19,25H,7-10,13-15H2,1H3,(H,23,26)(H,24,27). The van der Waals surface area contributed by atoms with E-state index in [1.807, 2.05) is 0 Å². The first-order chi connectivity index (χ1) is 14.8. The molecule has 3 N–H and O–H groups in total. The molecule has 0 bridgehead atoms. The Morgan fingerprint density at radius 2 is 1.81 bits per heavy atom. The molecule has 1 aromatic heterocycles. The lowest BCUT2D eigenvalue weighted by Crippen LogP contribution is -2.42. The van der Waals surface area contributed by atoms with Gasteiger partial charge in [-0.3, -0.25) is 9.59 Å². The second kappa shape index (κ2) is 10.6. The van der Waals surface area contributed by atoms with Crippen LogP contribution < -0.4 is 15.4 Å². The van der Waals surface area contributed by atoms with Crippen molar-refractivity contribution in [2.24, 2.45) is 5.92 Å². The highest BCUT2D eigenvalue weighted by Gasteiger charge is 2.24. The lowest BCUT2D eigenvalue weighted by molar-refractivity contribution is -0.118. The van der Waals surface area contributed by atoms with Crippen molar-refractivity contribution < 1.29 is 22.4 Å². The van der Waals surface area contributed by atoms with E-state index in [-0.39, 0.29) is 25.0 Å². The van der Waals surface area contributed by atoms with E-state index in [1.165, 1.54) is 6.26 Å². The van der Waals surface area contributed by atoms with Gasteiger partial charge in [-0.1, -0.05) is 19.1 Å². The molecule has 0 atom stereocenters. The second-order valence-electron chi connectivity index (χ2n) is 8.07. The number of carbonyl (C=O) groups excluding carboxylic acids is 2. The van der Waals surface area contributed by atoms with Crippen LogP contribution in [0.4, 0.5) is 0 Å². The first-order valence-corrected chi connectivity index (χ1v) is 12.1. The fraction of sp³-hybridized carbons (Fsp3) is 0.455. The van der Waals surface area contributed by atoms with Crippen molar-refractivity contribution in [2.75, 3.05) is 5.75 Å². The van der Waals surface area contributed by atoms with Gasteiger partial charge in [-0.25, -0.2) is 13.1 Å². The van der Waals surface area contributed by atoms with Crippen LogP contribution in [0.25, 0.3) is 0 Å². The van der Waals surface area contributed by atoms with Gasteiger partial charge in [-0.2, -0.15) is 0 Å². The minimum absolute atomic E-state index is 0.0922. The smallest absolute Gasteiger partial charge is 0.251 e. The molecule has 31 heavy (non-hydrogen) atoms. The average Bonchev–Trinajstić information content (AvgIpc) is 3.25. The van der Waals surface area contributed by atoms with E-state index < -0.39 is 21.7 Å². The SMILES string of the molecule is CC1CCC(NS(=O)(=O)CC(=O)NCc2cccc(C(=O)NCc3ccco3)c2)CC1. The van der Waals surface area contributed by atoms with Gasteiger partial charge >= 0.3 is 0 Å². The van der Waals surface area contributed by atoms with Gasteiger partial charge in [0, 0.05) is 18.2 Å². The molecule has 1 fully saturated rings. The quantitative estimate of drug-likeness (QED) is 0.545. The van der Waals surface area contributed by atoms with Gasteiger partial charge in [-0.05, 0) is 61.4 Å². The van der Waals surface area contributed by atoms with Gasteiger partial charge in [0.25, 0.3) is 5.91 Å². The molecule has 0 saturated heterocycles. The van der Waals surface area contributed by atoms with Crippen molar-refractivity contribution in [3.63, 3.8) is 0 Å². The summed E-state index contributed by atoms with van der Waals surface area (Å²) in [5.41, 5.74) is 1.14. The van der Waals surface area contributed by atoms with Gasteiger partial charge < -0.3 is 15.1 Å². The fourth-order valence-electron chi connectivity index (χ4n) is 3.60. The van der Waals surface area contributed by atoms with Crippen LogP contribution in [-0.4, -0.2) is 32.0 Å². The predicted molar refractivity (Wildman–Crippen MR) is 117 cm³/mol. The third kappa shape index (κ3) is 7.52. The zero-order chi connectivity index (χ0) is 22.3. The number of furan rings is 1.